The molecule has 1 aromatic heterocycles. The van der Waals surface area contributed by atoms with E-state index in [0.29, 0.717) is 11.1 Å². The molecule has 0 radical (unpaired) electrons. The van der Waals surface area contributed by atoms with E-state index in [-0.39, 0.29) is 11.5 Å². The minimum absolute atomic E-state index is 0.0365. The summed E-state index contributed by atoms with van der Waals surface area (Å²) < 4.78 is 0. The Kier molecular flexibility index (Phi) is 4.67. The van der Waals surface area contributed by atoms with Crippen LogP contribution >= 0.6 is 11.3 Å². The van der Waals surface area contributed by atoms with Gasteiger partial charge in [0.15, 0.2) is 5.78 Å². The number of fused-ring (bicyclic) bond motifs is 1. The third-order valence-electron chi connectivity index (χ3n) is 4.67. The summed E-state index contributed by atoms with van der Waals surface area (Å²) in [6.07, 6.45) is 5.87. The maximum Gasteiger partial charge on any atom is 0.196 e. The van der Waals surface area contributed by atoms with Crippen LogP contribution in [0.3, 0.4) is 0 Å². The number of carbonyl (C=O) groups excluding carboxylic acids is 1. The van der Waals surface area contributed by atoms with Gasteiger partial charge >= 0.3 is 0 Å². The van der Waals surface area contributed by atoms with Crippen LogP contribution in [0.2, 0.25) is 0 Å². The van der Waals surface area contributed by atoms with Crippen LogP contribution < -0.4 is 0 Å². The molecule has 0 aliphatic heterocycles. The standard InChI is InChI=1S/C22H19NO2S/c24-18-12-6-4-10-16(18)14-23-22-20(17-11-5-7-13-19(17)26-22)21(25)15-8-2-1-3-9-15/h1-4,6,8-10,12,14,24H,5,7,11,13H2. The number of aliphatic imine (C=N–C) groups is 1. The van der Waals surface area contributed by atoms with Crippen molar-refractivity contribution in [3.63, 3.8) is 0 Å². The van der Waals surface area contributed by atoms with Gasteiger partial charge in [-0.3, -0.25) is 4.79 Å². The Bertz CT molecular complexity index is 973. The Morgan fingerprint density at radius 3 is 2.54 bits per heavy atom. The molecule has 0 amide bonds. The predicted octanol–water partition coefficient (Wildman–Crippen LogP) is 5.31. The largest absolute Gasteiger partial charge is 0.507 e. The van der Waals surface area contributed by atoms with Gasteiger partial charge < -0.3 is 5.11 Å². The highest BCUT2D eigenvalue weighted by molar-refractivity contribution is 7.16. The molecule has 3 nitrogen and oxygen atoms in total. The Morgan fingerprint density at radius 2 is 1.73 bits per heavy atom. The smallest absolute Gasteiger partial charge is 0.196 e. The average molecular weight is 361 g/mol. The molecule has 1 aliphatic carbocycles. The minimum Gasteiger partial charge on any atom is -0.507 e. The summed E-state index contributed by atoms with van der Waals surface area (Å²) in [6, 6.07) is 16.5. The van der Waals surface area contributed by atoms with Crippen molar-refractivity contribution in [1.82, 2.24) is 0 Å². The van der Waals surface area contributed by atoms with Gasteiger partial charge in [-0.1, -0.05) is 42.5 Å². The number of ketones is 1. The van der Waals surface area contributed by atoms with Gasteiger partial charge in [-0.05, 0) is 43.4 Å². The number of carbonyl (C=O) groups is 1. The summed E-state index contributed by atoms with van der Waals surface area (Å²) in [7, 11) is 0. The van der Waals surface area contributed by atoms with E-state index >= 15 is 0 Å². The maximum absolute atomic E-state index is 13.2. The van der Waals surface area contributed by atoms with Crippen molar-refractivity contribution < 1.29 is 9.90 Å². The SMILES string of the molecule is O=C(c1ccccc1)c1c(N=Cc2ccccc2O)sc2c1CCCC2. The van der Waals surface area contributed by atoms with Crippen molar-refractivity contribution in [3.8, 4) is 5.75 Å². The van der Waals surface area contributed by atoms with Gasteiger partial charge in [-0.2, -0.15) is 0 Å². The van der Waals surface area contributed by atoms with Crippen molar-refractivity contribution in [1.29, 1.82) is 0 Å². The van der Waals surface area contributed by atoms with E-state index in [1.807, 2.05) is 42.5 Å². The summed E-state index contributed by atoms with van der Waals surface area (Å²) in [5.41, 5.74) is 3.25. The monoisotopic (exact) mass is 361 g/mol. The second kappa shape index (κ2) is 7.26. The molecule has 0 atom stereocenters. The lowest BCUT2D eigenvalue weighted by molar-refractivity contribution is 0.103. The molecule has 0 saturated carbocycles. The zero-order valence-electron chi connectivity index (χ0n) is 14.3. The number of benzene rings is 2. The number of thiophene rings is 1. The number of phenolic OH excluding ortho intramolecular Hbond substituents is 1. The first-order valence-corrected chi connectivity index (χ1v) is 9.62. The van der Waals surface area contributed by atoms with E-state index in [4.69, 9.17) is 0 Å². The van der Waals surface area contributed by atoms with Crippen LogP contribution in [0.5, 0.6) is 5.75 Å². The second-order valence-electron chi connectivity index (χ2n) is 6.40. The maximum atomic E-state index is 13.2. The second-order valence-corrected chi connectivity index (χ2v) is 7.49. The Hall–Kier alpha value is -2.72. The number of rotatable bonds is 4. The zero-order chi connectivity index (χ0) is 17.9. The molecule has 1 N–H and O–H groups in total. The molecular formula is C22H19NO2S. The number of hydrogen-bond donors (Lipinski definition) is 1. The van der Waals surface area contributed by atoms with Crippen LogP contribution in [0.15, 0.2) is 59.6 Å². The van der Waals surface area contributed by atoms with E-state index in [2.05, 4.69) is 4.99 Å². The molecule has 0 fully saturated rings. The molecule has 4 heteroatoms. The summed E-state index contributed by atoms with van der Waals surface area (Å²) in [4.78, 5) is 19.0. The molecular weight excluding hydrogens is 342 g/mol. The molecule has 3 aromatic rings. The summed E-state index contributed by atoms with van der Waals surface area (Å²) in [5, 5.41) is 10.7. The lowest BCUT2D eigenvalue weighted by atomic mass is 9.92. The van der Waals surface area contributed by atoms with Gasteiger partial charge in [-0.25, -0.2) is 4.99 Å². The van der Waals surface area contributed by atoms with Gasteiger partial charge in [-0.15, -0.1) is 11.3 Å². The topological polar surface area (TPSA) is 49.7 Å². The highest BCUT2D eigenvalue weighted by Crippen LogP contribution is 2.41. The van der Waals surface area contributed by atoms with E-state index in [9.17, 15) is 9.90 Å². The van der Waals surface area contributed by atoms with Crippen molar-refractivity contribution in [2.75, 3.05) is 0 Å². The quantitative estimate of drug-likeness (QED) is 0.505. The van der Waals surface area contributed by atoms with E-state index in [1.54, 1.807) is 29.7 Å². The fraction of sp³-hybridized carbons (Fsp3) is 0.182. The van der Waals surface area contributed by atoms with Gasteiger partial charge in [0.2, 0.25) is 0 Å². The fourth-order valence-electron chi connectivity index (χ4n) is 3.34. The summed E-state index contributed by atoms with van der Waals surface area (Å²) in [5.74, 6) is 0.225. The Morgan fingerprint density at radius 1 is 1.00 bits per heavy atom. The van der Waals surface area contributed by atoms with Gasteiger partial charge in [0.1, 0.15) is 10.8 Å². The molecule has 130 valence electrons. The average Bonchev–Trinajstić information content (AvgIpc) is 3.06. The highest BCUT2D eigenvalue weighted by atomic mass is 32.1. The molecule has 2 aromatic carbocycles. The van der Waals surface area contributed by atoms with Gasteiger partial charge in [0.25, 0.3) is 0 Å². The van der Waals surface area contributed by atoms with Gasteiger partial charge in [0, 0.05) is 22.2 Å². The van der Waals surface area contributed by atoms with Crippen LogP contribution in [0.25, 0.3) is 0 Å². The summed E-state index contributed by atoms with van der Waals surface area (Å²) in [6.45, 7) is 0. The predicted molar refractivity (Wildman–Crippen MR) is 106 cm³/mol. The van der Waals surface area contributed by atoms with E-state index in [0.717, 1.165) is 36.2 Å². The van der Waals surface area contributed by atoms with Crippen LogP contribution in [-0.2, 0) is 12.8 Å². The molecule has 0 unspecified atom stereocenters. The third kappa shape index (κ3) is 3.20. The van der Waals surface area contributed by atoms with E-state index < -0.39 is 0 Å². The van der Waals surface area contributed by atoms with E-state index in [1.165, 1.54) is 10.4 Å². The number of para-hydroxylation sites is 1. The van der Waals surface area contributed by atoms with Crippen LogP contribution in [0.4, 0.5) is 5.00 Å². The lowest BCUT2D eigenvalue weighted by Gasteiger charge is -2.12. The zero-order valence-corrected chi connectivity index (χ0v) is 15.1. The van der Waals surface area contributed by atoms with Crippen LogP contribution in [0, 0.1) is 0 Å². The molecule has 1 aliphatic rings. The van der Waals surface area contributed by atoms with Gasteiger partial charge in [0.05, 0.1) is 5.56 Å². The van der Waals surface area contributed by atoms with Crippen molar-refractivity contribution >= 4 is 28.3 Å². The first kappa shape index (κ1) is 16.7. The molecule has 0 spiro atoms. The third-order valence-corrected chi connectivity index (χ3v) is 5.87. The number of aryl methyl sites for hydroxylation is 1. The number of hydrogen-bond acceptors (Lipinski definition) is 4. The van der Waals surface area contributed by atoms with Crippen LogP contribution in [-0.4, -0.2) is 17.1 Å². The molecule has 26 heavy (non-hydrogen) atoms. The first-order chi connectivity index (χ1) is 12.7. The summed E-state index contributed by atoms with van der Waals surface area (Å²) >= 11 is 1.61. The normalized spacial score (nSPS) is 13.7. The molecule has 4 rings (SSSR count). The highest BCUT2D eigenvalue weighted by Gasteiger charge is 2.25. The number of aromatic hydroxyl groups is 1. The fourth-order valence-corrected chi connectivity index (χ4v) is 4.57. The van der Waals surface area contributed by atoms with Crippen molar-refractivity contribution in [2.24, 2.45) is 4.99 Å². The Balaban J connectivity index is 1.78. The van der Waals surface area contributed by atoms with Crippen LogP contribution in [0.1, 0.15) is 44.8 Å². The number of phenols is 1. The molecule has 0 saturated heterocycles. The molecule has 1 heterocycles. The first-order valence-electron chi connectivity index (χ1n) is 8.80. The van der Waals surface area contributed by atoms with Crippen molar-refractivity contribution in [3.05, 3.63) is 81.7 Å². The lowest BCUT2D eigenvalue weighted by Crippen LogP contribution is -2.07. The Labute approximate surface area is 156 Å². The number of nitrogens with zero attached hydrogens (tertiary/aromatic N) is 1. The minimum atomic E-state index is 0.0365. The van der Waals surface area contributed by atoms with Crippen molar-refractivity contribution in [2.45, 2.75) is 25.7 Å². The molecule has 0 bridgehead atoms.